The predicted molar refractivity (Wildman–Crippen MR) is 61.9 cm³/mol. The molecular weight excluding hydrogens is 200 g/mol. The first kappa shape index (κ1) is 10.7. The standard InChI is InChI=1S/C11H13ClS/c1-4-11(2,3)9-7-8(12)5-6-10(9)13/h4-7,13H,1H2,2-3H3. The second-order valence-electron chi connectivity index (χ2n) is 3.59. The maximum absolute atomic E-state index is 5.91. The Bertz CT molecular complexity index is 329. The topological polar surface area (TPSA) is 0 Å². The first-order valence-corrected chi connectivity index (χ1v) is 4.92. The van der Waals surface area contributed by atoms with E-state index < -0.39 is 0 Å². The highest BCUT2D eigenvalue weighted by Crippen LogP contribution is 2.31. The average Bonchev–Trinajstić information content (AvgIpc) is 2.09. The molecule has 0 amide bonds. The van der Waals surface area contributed by atoms with Gasteiger partial charge in [0.1, 0.15) is 0 Å². The Hall–Kier alpha value is -0.400. The van der Waals surface area contributed by atoms with E-state index in [4.69, 9.17) is 11.6 Å². The van der Waals surface area contributed by atoms with Crippen LogP contribution in [0.5, 0.6) is 0 Å². The van der Waals surface area contributed by atoms with E-state index in [-0.39, 0.29) is 5.41 Å². The van der Waals surface area contributed by atoms with Crippen LogP contribution in [0.15, 0.2) is 35.7 Å². The van der Waals surface area contributed by atoms with Crippen molar-refractivity contribution in [3.05, 3.63) is 41.4 Å². The van der Waals surface area contributed by atoms with E-state index >= 15 is 0 Å². The highest BCUT2D eigenvalue weighted by molar-refractivity contribution is 7.80. The summed E-state index contributed by atoms with van der Waals surface area (Å²) < 4.78 is 0. The molecule has 0 N–H and O–H groups in total. The third-order valence-corrected chi connectivity index (χ3v) is 2.79. The smallest absolute Gasteiger partial charge is 0.0409 e. The molecule has 0 aromatic heterocycles. The molecule has 1 aromatic carbocycles. The minimum atomic E-state index is -0.0814. The highest BCUT2D eigenvalue weighted by Gasteiger charge is 2.18. The molecule has 0 spiro atoms. The molecule has 70 valence electrons. The molecule has 1 rings (SSSR count). The van der Waals surface area contributed by atoms with E-state index in [0.29, 0.717) is 0 Å². The van der Waals surface area contributed by atoms with Gasteiger partial charge in [-0.3, -0.25) is 0 Å². The molecule has 0 heterocycles. The Kier molecular flexibility index (Phi) is 3.09. The molecule has 0 nitrogen and oxygen atoms in total. The third-order valence-electron chi connectivity index (χ3n) is 2.16. The summed E-state index contributed by atoms with van der Waals surface area (Å²) in [5, 5.41) is 0.739. The summed E-state index contributed by atoms with van der Waals surface area (Å²) in [5.41, 5.74) is 1.03. The molecule has 0 aliphatic rings. The van der Waals surface area contributed by atoms with Gasteiger partial charge < -0.3 is 0 Å². The monoisotopic (exact) mass is 212 g/mol. The van der Waals surface area contributed by atoms with Crippen molar-refractivity contribution in [2.75, 3.05) is 0 Å². The molecule has 0 radical (unpaired) electrons. The van der Waals surface area contributed by atoms with E-state index in [1.54, 1.807) is 0 Å². The summed E-state index contributed by atoms with van der Waals surface area (Å²) >= 11 is 10.3. The maximum Gasteiger partial charge on any atom is 0.0409 e. The molecule has 0 fully saturated rings. The Morgan fingerprint density at radius 2 is 2.08 bits per heavy atom. The lowest BCUT2D eigenvalue weighted by Crippen LogP contribution is -2.13. The van der Waals surface area contributed by atoms with Gasteiger partial charge >= 0.3 is 0 Å². The largest absolute Gasteiger partial charge is 0.143 e. The summed E-state index contributed by atoms with van der Waals surface area (Å²) in [6.45, 7) is 7.98. The van der Waals surface area contributed by atoms with Gasteiger partial charge in [-0.25, -0.2) is 0 Å². The number of rotatable bonds is 2. The SMILES string of the molecule is C=CC(C)(C)c1cc(Cl)ccc1S. The van der Waals surface area contributed by atoms with Crippen molar-refractivity contribution in [3.8, 4) is 0 Å². The molecule has 0 aliphatic carbocycles. The van der Waals surface area contributed by atoms with Crippen LogP contribution >= 0.6 is 24.2 Å². The van der Waals surface area contributed by atoms with Crippen molar-refractivity contribution in [3.63, 3.8) is 0 Å². The minimum Gasteiger partial charge on any atom is -0.143 e. The fourth-order valence-electron chi connectivity index (χ4n) is 1.13. The van der Waals surface area contributed by atoms with Gasteiger partial charge in [-0.15, -0.1) is 19.2 Å². The van der Waals surface area contributed by atoms with Crippen molar-refractivity contribution in [2.24, 2.45) is 0 Å². The molecule has 0 bridgehead atoms. The number of halogens is 1. The Morgan fingerprint density at radius 1 is 1.46 bits per heavy atom. The van der Waals surface area contributed by atoms with Crippen molar-refractivity contribution >= 4 is 24.2 Å². The van der Waals surface area contributed by atoms with Gasteiger partial charge in [-0.2, -0.15) is 0 Å². The van der Waals surface area contributed by atoms with Crippen molar-refractivity contribution in [1.82, 2.24) is 0 Å². The number of hydrogen-bond donors (Lipinski definition) is 1. The van der Waals surface area contributed by atoms with Gasteiger partial charge in [0.2, 0.25) is 0 Å². The summed E-state index contributed by atoms with van der Waals surface area (Å²) in [7, 11) is 0. The normalized spacial score (nSPS) is 11.4. The van der Waals surface area contributed by atoms with E-state index in [1.165, 1.54) is 0 Å². The first-order chi connectivity index (χ1) is 5.97. The molecule has 0 unspecified atom stereocenters. The van der Waals surface area contributed by atoms with Gasteiger partial charge in [0.25, 0.3) is 0 Å². The number of thiol groups is 1. The Balaban J connectivity index is 3.28. The fraction of sp³-hybridized carbons (Fsp3) is 0.273. The number of allylic oxidation sites excluding steroid dienone is 1. The maximum atomic E-state index is 5.91. The molecular formula is C11H13ClS. The Morgan fingerprint density at radius 3 is 2.62 bits per heavy atom. The minimum absolute atomic E-state index is 0.0814. The van der Waals surface area contributed by atoms with E-state index in [0.717, 1.165) is 15.5 Å². The van der Waals surface area contributed by atoms with Crippen molar-refractivity contribution in [2.45, 2.75) is 24.2 Å². The quantitative estimate of drug-likeness (QED) is 0.554. The van der Waals surface area contributed by atoms with Crippen LogP contribution in [0.2, 0.25) is 5.02 Å². The van der Waals surface area contributed by atoms with Gasteiger partial charge in [0.05, 0.1) is 0 Å². The number of hydrogen-bond acceptors (Lipinski definition) is 1. The molecule has 0 saturated heterocycles. The zero-order chi connectivity index (χ0) is 10.1. The third kappa shape index (κ3) is 2.29. The molecule has 0 aliphatic heterocycles. The van der Waals surface area contributed by atoms with E-state index in [2.05, 4.69) is 33.1 Å². The molecule has 1 aromatic rings. The van der Waals surface area contributed by atoms with Gasteiger partial charge in [-0.05, 0) is 23.8 Å². The van der Waals surface area contributed by atoms with Crippen LogP contribution in [-0.2, 0) is 5.41 Å². The predicted octanol–water partition coefficient (Wildman–Crippen LogP) is 4.09. The molecule has 0 atom stereocenters. The summed E-state index contributed by atoms with van der Waals surface area (Å²) in [4.78, 5) is 0.953. The lowest BCUT2D eigenvalue weighted by Gasteiger charge is -2.22. The van der Waals surface area contributed by atoms with Gasteiger partial charge in [-0.1, -0.05) is 31.5 Å². The second-order valence-corrected chi connectivity index (χ2v) is 4.51. The van der Waals surface area contributed by atoms with E-state index in [1.807, 2.05) is 24.3 Å². The molecule has 2 heteroatoms. The van der Waals surface area contributed by atoms with Crippen LogP contribution < -0.4 is 0 Å². The molecule has 0 saturated carbocycles. The first-order valence-electron chi connectivity index (χ1n) is 4.10. The second kappa shape index (κ2) is 3.77. The zero-order valence-corrected chi connectivity index (χ0v) is 9.49. The van der Waals surface area contributed by atoms with Crippen LogP contribution in [0.25, 0.3) is 0 Å². The van der Waals surface area contributed by atoms with Crippen LogP contribution in [0.1, 0.15) is 19.4 Å². The zero-order valence-electron chi connectivity index (χ0n) is 7.84. The van der Waals surface area contributed by atoms with Gasteiger partial charge in [0.15, 0.2) is 0 Å². The summed E-state index contributed by atoms with van der Waals surface area (Å²) in [6.07, 6.45) is 1.90. The Labute approximate surface area is 90.0 Å². The fourth-order valence-corrected chi connectivity index (χ4v) is 1.73. The van der Waals surface area contributed by atoms with Crippen LogP contribution in [-0.4, -0.2) is 0 Å². The summed E-state index contributed by atoms with van der Waals surface area (Å²) in [5.74, 6) is 0. The van der Waals surface area contributed by atoms with Crippen LogP contribution in [0, 0.1) is 0 Å². The average molecular weight is 213 g/mol. The summed E-state index contributed by atoms with van der Waals surface area (Å²) in [6, 6.07) is 5.68. The number of benzene rings is 1. The van der Waals surface area contributed by atoms with E-state index in [9.17, 15) is 0 Å². The van der Waals surface area contributed by atoms with Gasteiger partial charge in [0, 0.05) is 15.3 Å². The van der Waals surface area contributed by atoms with Crippen molar-refractivity contribution in [1.29, 1.82) is 0 Å². The highest BCUT2D eigenvalue weighted by atomic mass is 35.5. The lowest BCUT2D eigenvalue weighted by atomic mass is 9.85. The van der Waals surface area contributed by atoms with Crippen LogP contribution in [0.4, 0.5) is 0 Å². The van der Waals surface area contributed by atoms with Crippen LogP contribution in [0.3, 0.4) is 0 Å². The lowest BCUT2D eigenvalue weighted by molar-refractivity contribution is 0.657. The molecule has 13 heavy (non-hydrogen) atoms. The van der Waals surface area contributed by atoms with Crippen molar-refractivity contribution < 1.29 is 0 Å².